The molecule has 118 valence electrons. The molecule has 0 bridgehead atoms. The summed E-state index contributed by atoms with van der Waals surface area (Å²) in [7, 11) is 4.17. The Hall–Kier alpha value is -1.02. The van der Waals surface area contributed by atoms with Gasteiger partial charge in [0.2, 0.25) is 0 Å². The first-order valence-corrected chi connectivity index (χ1v) is 8.54. The third kappa shape index (κ3) is 5.35. The fourth-order valence-corrected chi connectivity index (χ4v) is 3.53. The van der Waals surface area contributed by atoms with Crippen molar-refractivity contribution in [3.63, 3.8) is 0 Å². The third-order valence-corrected chi connectivity index (χ3v) is 4.64. The van der Waals surface area contributed by atoms with Gasteiger partial charge in [0.15, 0.2) is 0 Å². The molecule has 1 aliphatic carbocycles. The maximum absolute atomic E-state index is 3.78. The smallest absolute Gasteiger partial charge is 0.0361 e. The quantitative estimate of drug-likeness (QED) is 0.832. The molecule has 0 saturated heterocycles. The van der Waals surface area contributed by atoms with Gasteiger partial charge in [-0.2, -0.15) is 0 Å². The van der Waals surface area contributed by atoms with E-state index in [4.69, 9.17) is 0 Å². The lowest BCUT2D eigenvalue weighted by Crippen LogP contribution is -2.34. The molecule has 1 aromatic rings. The minimum absolute atomic E-state index is 0.719. The summed E-state index contributed by atoms with van der Waals surface area (Å²) in [6, 6.07) is 9.63. The van der Waals surface area contributed by atoms with E-state index in [0.29, 0.717) is 0 Å². The number of hydrogen-bond acceptors (Lipinski definition) is 2. The highest BCUT2D eigenvalue weighted by molar-refractivity contribution is 5.45. The van der Waals surface area contributed by atoms with Crippen LogP contribution in [0.25, 0.3) is 0 Å². The lowest BCUT2D eigenvalue weighted by Gasteiger charge is -2.31. The summed E-state index contributed by atoms with van der Waals surface area (Å²) in [5, 5.41) is 3.78. The zero-order valence-corrected chi connectivity index (χ0v) is 14.2. The Kier molecular flexibility index (Phi) is 6.10. The molecule has 2 nitrogen and oxygen atoms in total. The van der Waals surface area contributed by atoms with Crippen LogP contribution in [0, 0.1) is 11.8 Å². The number of rotatable bonds is 6. The second-order valence-electron chi connectivity index (χ2n) is 7.30. The monoisotopic (exact) mass is 288 g/mol. The van der Waals surface area contributed by atoms with Gasteiger partial charge in [-0.15, -0.1) is 0 Å². The van der Waals surface area contributed by atoms with Crippen molar-refractivity contribution in [3.05, 3.63) is 29.8 Å². The molecule has 0 aromatic heterocycles. The van der Waals surface area contributed by atoms with E-state index in [0.717, 1.165) is 24.4 Å². The van der Waals surface area contributed by atoms with E-state index >= 15 is 0 Å². The van der Waals surface area contributed by atoms with Gasteiger partial charge in [0.25, 0.3) is 0 Å². The van der Waals surface area contributed by atoms with Crippen LogP contribution in [-0.2, 0) is 6.54 Å². The molecule has 21 heavy (non-hydrogen) atoms. The van der Waals surface area contributed by atoms with Crippen LogP contribution in [-0.4, -0.2) is 20.1 Å². The van der Waals surface area contributed by atoms with Gasteiger partial charge < -0.3 is 10.2 Å². The Morgan fingerprint density at radius 2 is 1.86 bits per heavy atom. The molecule has 0 heterocycles. The first-order valence-electron chi connectivity index (χ1n) is 8.54. The molecule has 0 aliphatic heterocycles. The van der Waals surface area contributed by atoms with Gasteiger partial charge in [-0.05, 0) is 48.8 Å². The molecule has 1 saturated carbocycles. The number of hydrogen-bond donors (Lipinski definition) is 1. The van der Waals surface area contributed by atoms with E-state index in [2.05, 4.69) is 62.4 Å². The van der Waals surface area contributed by atoms with Crippen LogP contribution >= 0.6 is 0 Å². The van der Waals surface area contributed by atoms with Crippen molar-refractivity contribution < 1.29 is 0 Å². The zero-order chi connectivity index (χ0) is 15.2. The van der Waals surface area contributed by atoms with Crippen molar-refractivity contribution in [2.45, 2.75) is 58.5 Å². The second kappa shape index (κ2) is 7.84. The Morgan fingerprint density at radius 3 is 2.48 bits per heavy atom. The van der Waals surface area contributed by atoms with Crippen molar-refractivity contribution in [2.24, 2.45) is 11.8 Å². The highest BCUT2D eigenvalue weighted by Gasteiger charge is 2.22. The maximum Gasteiger partial charge on any atom is 0.0361 e. The van der Waals surface area contributed by atoms with Crippen molar-refractivity contribution >= 4 is 5.69 Å². The van der Waals surface area contributed by atoms with Crippen molar-refractivity contribution in [2.75, 3.05) is 19.0 Å². The Labute approximate surface area is 130 Å². The standard InChI is InChI=1S/C19H32N2/c1-15(2)12-17-6-5-7-18(13-17)20-14-16-8-10-19(11-9-16)21(3)4/h8-11,15,17-18,20H,5-7,12-14H2,1-4H3. The predicted molar refractivity (Wildman–Crippen MR) is 92.8 cm³/mol. The lowest BCUT2D eigenvalue weighted by molar-refractivity contribution is 0.252. The average Bonchev–Trinajstić information content (AvgIpc) is 2.45. The molecule has 2 rings (SSSR count). The Morgan fingerprint density at radius 1 is 1.14 bits per heavy atom. The topological polar surface area (TPSA) is 15.3 Å². The molecule has 0 spiro atoms. The first-order chi connectivity index (χ1) is 10.0. The fourth-order valence-electron chi connectivity index (χ4n) is 3.53. The summed E-state index contributed by atoms with van der Waals surface area (Å²) in [6.45, 7) is 5.71. The largest absolute Gasteiger partial charge is 0.378 e. The number of benzene rings is 1. The van der Waals surface area contributed by atoms with E-state index in [9.17, 15) is 0 Å². The van der Waals surface area contributed by atoms with Gasteiger partial charge in [0, 0.05) is 32.4 Å². The molecule has 0 amide bonds. The van der Waals surface area contributed by atoms with Gasteiger partial charge in [-0.25, -0.2) is 0 Å². The van der Waals surface area contributed by atoms with Crippen LogP contribution in [0.4, 0.5) is 5.69 Å². The predicted octanol–water partition coefficient (Wildman–Crippen LogP) is 4.45. The second-order valence-corrected chi connectivity index (χ2v) is 7.30. The van der Waals surface area contributed by atoms with Crippen LogP contribution in [0.15, 0.2) is 24.3 Å². The number of nitrogens with zero attached hydrogens (tertiary/aromatic N) is 1. The van der Waals surface area contributed by atoms with E-state index in [-0.39, 0.29) is 0 Å². The van der Waals surface area contributed by atoms with Gasteiger partial charge in [-0.3, -0.25) is 0 Å². The van der Waals surface area contributed by atoms with Gasteiger partial charge >= 0.3 is 0 Å². The van der Waals surface area contributed by atoms with Crippen LogP contribution in [0.5, 0.6) is 0 Å². The molecule has 1 aliphatic rings. The van der Waals surface area contributed by atoms with Gasteiger partial charge in [0.1, 0.15) is 0 Å². The fraction of sp³-hybridized carbons (Fsp3) is 0.684. The van der Waals surface area contributed by atoms with Crippen LogP contribution < -0.4 is 10.2 Å². The van der Waals surface area contributed by atoms with Crippen molar-refractivity contribution in [1.82, 2.24) is 5.32 Å². The summed E-state index contributed by atoms with van der Waals surface area (Å²) in [6.07, 6.45) is 6.95. The van der Waals surface area contributed by atoms with Crippen molar-refractivity contribution in [3.8, 4) is 0 Å². The molecule has 1 N–H and O–H groups in total. The number of nitrogens with one attached hydrogen (secondary N) is 1. The summed E-state index contributed by atoms with van der Waals surface area (Å²) in [4.78, 5) is 2.15. The molecular formula is C19H32N2. The Bertz CT molecular complexity index is 408. The molecule has 2 unspecified atom stereocenters. The minimum Gasteiger partial charge on any atom is -0.378 e. The normalized spacial score (nSPS) is 22.5. The van der Waals surface area contributed by atoms with Crippen LogP contribution in [0.1, 0.15) is 51.5 Å². The van der Waals surface area contributed by atoms with Crippen LogP contribution in [0.3, 0.4) is 0 Å². The Balaban J connectivity index is 1.79. The highest BCUT2D eigenvalue weighted by Crippen LogP contribution is 2.29. The maximum atomic E-state index is 3.78. The molecule has 2 atom stereocenters. The molecular weight excluding hydrogens is 256 g/mol. The highest BCUT2D eigenvalue weighted by atomic mass is 15.1. The molecule has 0 radical (unpaired) electrons. The van der Waals surface area contributed by atoms with E-state index < -0.39 is 0 Å². The average molecular weight is 288 g/mol. The minimum atomic E-state index is 0.719. The summed E-state index contributed by atoms with van der Waals surface area (Å²) >= 11 is 0. The summed E-state index contributed by atoms with van der Waals surface area (Å²) < 4.78 is 0. The molecule has 1 fully saturated rings. The van der Waals surface area contributed by atoms with E-state index in [1.54, 1.807) is 0 Å². The van der Waals surface area contributed by atoms with Crippen molar-refractivity contribution in [1.29, 1.82) is 0 Å². The first kappa shape index (κ1) is 16.4. The van der Waals surface area contributed by atoms with Gasteiger partial charge in [0.05, 0.1) is 0 Å². The summed E-state index contributed by atoms with van der Waals surface area (Å²) in [5.41, 5.74) is 2.67. The summed E-state index contributed by atoms with van der Waals surface area (Å²) in [5.74, 6) is 1.78. The third-order valence-electron chi connectivity index (χ3n) is 4.64. The lowest BCUT2D eigenvalue weighted by atomic mass is 9.81. The zero-order valence-electron chi connectivity index (χ0n) is 14.2. The number of anilines is 1. The molecule has 2 heteroatoms. The SMILES string of the molecule is CC(C)CC1CCCC(NCc2ccc(N(C)C)cc2)C1. The van der Waals surface area contributed by atoms with Gasteiger partial charge in [-0.1, -0.05) is 38.8 Å². The van der Waals surface area contributed by atoms with E-state index in [1.807, 2.05) is 0 Å². The van der Waals surface area contributed by atoms with Crippen LogP contribution in [0.2, 0.25) is 0 Å². The van der Waals surface area contributed by atoms with E-state index in [1.165, 1.54) is 43.4 Å². The molecule has 1 aromatic carbocycles.